The summed E-state index contributed by atoms with van der Waals surface area (Å²) in [7, 11) is -7.22. The monoisotopic (exact) mass is 286 g/mol. The highest BCUT2D eigenvalue weighted by molar-refractivity contribution is 7.86. The van der Waals surface area contributed by atoms with E-state index in [0.29, 0.717) is 18.8 Å². The van der Waals surface area contributed by atoms with Gasteiger partial charge in [0.2, 0.25) is 0 Å². The third kappa shape index (κ3) is 5.80. The molecule has 1 aliphatic rings. The van der Waals surface area contributed by atoms with Crippen molar-refractivity contribution in [2.75, 3.05) is 12.5 Å². The Kier molecular flexibility index (Phi) is 4.56. The third-order valence-corrected chi connectivity index (χ3v) is 3.78. The molecule has 0 aromatic carbocycles. The average molecular weight is 286 g/mol. The molecule has 1 aliphatic carbocycles. The van der Waals surface area contributed by atoms with Gasteiger partial charge in [0.15, 0.2) is 0 Å². The van der Waals surface area contributed by atoms with Gasteiger partial charge in [-0.2, -0.15) is 16.8 Å². The topological polar surface area (TPSA) is 86.7 Å². The number of hydrogen-bond acceptors (Lipinski definition) is 6. The van der Waals surface area contributed by atoms with Gasteiger partial charge in [0, 0.05) is 0 Å². The minimum Gasteiger partial charge on any atom is -0.264 e. The third-order valence-electron chi connectivity index (χ3n) is 2.59. The second-order valence-electron chi connectivity index (χ2n) is 4.60. The predicted molar refractivity (Wildman–Crippen MR) is 62.4 cm³/mol. The van der Waals surface area contributed by atoms with E-state index in [0.717, 1.165) is 18.9 Å². The summed E-state index contributed by atoms with van der Waals surface area (Å²) in [5.41, 5.74) is 0. The van der Waals surface area contributed by atoms with Crippen molar-refractivity contribution in [1.82, 2.24) is 0 Å². The van der Waals surface area contributed by atoms with Crippen LogP contribution in [0.1, 0.15) is 26.2 Å². The van der Waals surface area contributed by atoms with Crippen LogP contribution in [-0.2, 0) is 28.6 Å². The SMILES string of the molecule is CC1CC[C@@H](OS(C)(=O)=O)[C@@H](OS(C)(=O)=O)C1. The number of rotatable bonds is 4. The van der Waals surface area contributed by atoms with Crippen LogP contribution in [0.3, 0.4) is 0 Å². The molecule has 6 nitrogen and oxygen atoms in total. The quantitative estimate of drug-likeness (QED) is 0.699. The van der Waals surface area contributed by atoms with Crippen molar-refractivity contribution < 1.29 is 25.2 Å². The summed E-state index contributed by atoms with van der Waals surface area (Å²) in [5, 5.41) is 0. The Morgan fingerprint density at radius 1 is 0.882 bits per heavy atom. The molecule has 0 bridgehead atoms. The van der Waals surface area contributed by atoms with Gasteiger partial charge in [0.05, 0.1) is 12.5 Å². The Morgan fingerprint density at radius 3 is 1.82 bits per heavy atom. The summed E-state index contributed by atoms with van der Waals surface area (Å²) in [4.78, 5) is 0. The fourth-order valence-corrected chi connectivity index (χ4v) is 3.28. The summed E-state index contributed by atoms with van der Waals surface area (Å²) in [6, 6.07) is 0. The molecule has 0 saturated heterocycles. The lowest BCUT2D eigenvalue weighted by molar-refractivity contribution is 0.0162. The highest BCUT2D eigenvalue weighted by Gasteiger charge is 2.34. The lowest BCUT2D eigenvalue weighted by Gasteiger charge is -2.32. The normalized spacial score (nSPS) is 31.4. The molecule has 17 heavy (non-hydrogen) atoms. The van der Waals surface area contributed by atoms with Gasteiger partial charge in [-0.05, 0) is 25.2 Å². The van der Waals surface area contributed by atoms with Crippen LogP contribution in [0.25, 0.3) is 0 Å². The van der Waals surface area contributed by atoms with Crippen molar-refractivity contribution >= 4 is 20.2 Å². The summed E-state index contributed by atoms with van der Waals surface area (Å²) in [6.07, 6.45) is 2.22. The van der Waals surface area contributed by atoms with Gasteiger partial charge in [-0.15, -0.1) is 0 Å². The van der Waals surface area contributed by atoms with E-state index in [2.05, 4.69) is 0 Å². The van der Waals surface area contributed by atoms with E-state index in [9.17, 15) is 16.8 Å². The zero-order chi connectivity index (χ0) is 13.3. The van der Waals surface area contributed by atoms with Crippen LogP contribution < -0.4 is 0 Å². The molecular formula is C9H18O6S2. The summed E-state index contributed by atoms with van der Waals surface area (Å²) in [5.74, 6) is 0.293. The molecule has 0 aromatic heterocycles. The maximum Gasteiger partial charge on any atom is 0.264 e. The van der Waals surface area contributed by atoms with Gasteiger partial charge in [0.25, 0.3) is 20.2 Å². The van der Waals surface area contributed by atoms with Crippen LogP contribution in [0, 0.1) is 5.92 Å². The molecule has 0 amide bonds. The molecule has 1 unspecified atom stereocenters. The summed E-state index contributed by atoms with van der Waals surface area (Å²) >= 11 is 0. The Bertz CT molecular complexity index is 452. The molecule has 0 aromatic rings. The first kappa shape index (κ1) is 14.9. The molecule has 1 saturated carbocycles. The molecular weight excluding hydrogens is 268 g/mol. The van der Waals surface area contributed by atoms with E-state index in [1.165, 1.54) is 0 Å². The van der Waals surface area contributed by atoms with Gasteiger partial charge in [-0.25, -0.2) is 0 Å². The van der Waals surface area contributed by atoms with E-state index in [-0.39, 0.29) is 0 Å². The van der Waals surface area contributed by atoms with Crippen molar-refractivity contribution in [3.05, 3.63) is 0 Å². The highest BCUT2D eigenvalue weighted by Crippen LogP contribution is 2.29. The van der Waals surface area contributed by atoms with Crippen molar-refractivity contribution in [2.45, 2.75) is 38.4 Å². The van der Waals surface area contributed by atoms with Gasteiger partial charge >= 0.3 is 0 Å². The Hall–Kier alpha value is -0.180. The minimum absolute atomic E-state index is 0.293. The van der Waals surface area contributed by atoms with Crippen molar-refractivity contribution in [3.63, 3.8) is 0 Å². The Labute approximate surface area is 103 Å². The van der Waals surface area contributed by atoms with Gasteiger partial charge in [-0.1, -0.05) is 6.92 Å². The van der Waals surface area contributed by atoms with Crippen molar-refractivity contribution in [2.24, 2.45) is 5.92 Å². The molecule has 1 fully saturated rings. The summed E-state index contributed by atoms with van der Waals surface area (Å²) in [6.45, 7) is 1.97. The van der Waals surface area contributed by atoms with E-state index < -0.39 is 32.4 Å². The zero-order valence-corrected chi connectivity index (χ0v) is 11.8. The van der Waals surface area contributed by atoms with E-state index >= 15 is 0 Å². The predicted octanol–water partition coefficient (Wildman–Crippen LogP) is 0.496. The van der Waals surface area contributed by atoms with Gasteiger partial charge < -0.3 is 0 Å². The minimum atomic E-state index is -3.61. The van der Waals surface area contributed by atoms with Crippen molar-refractivity contribution in [1.29, 1.82) is 0 Å². The summed E-state index contributed by atoms with van der Waals surface area (Å²) < 4.78 is 54.1. The maximum atomic E-state index is 11.1. The molecule has 0 aliphatic heterocycles. The average Bonchev–Trinajstić information content (AvgIpc) is 2.05. The van der Waals surface area contributed by atoms with Crippen LogP contribution in [-0.4, -0.2) is 41.6 Å². The smallest absolute Gasteiger partial charge is 0.264 e. The standard InChI is InChI=1S/C9H18O6S2/c1-7-4-5-8(14-16(2,10)11)9(6-7)15-17(3,12)13/h7-9H,4-6H2,1-3H3/t7?,8-,9+/m1/s1. The largest absolute Gasteiger partial charge is 0.264 e. The van der Waals surface area contributed by atoms with Crippen LogP contribution >= 0.6 is 0 Å². The Morgan fingerprint density at radius 2 is 1.35 bits per heavy atom. The first-order valence-corrected chi connectivity index (χ1v) is 8.96. The molecule has 3 atom stereocenters. The van der Waals surface area contributed by atoms with Crippen LogP contribution in [0.5, 0.6) is 0 Å². The second-order valence-corrected chi connectivity index (χ2v) is 7.80. The van der Waals surface area contributed by atoms with Crippen LogP contribution in [0.15, 0.2) is 0 Å². The molecule has 0 N–H and O–H groups in total. The van der Waals surface area contributed by atoms with E-state index in [1.54, 1.807) is 0 Å². The second kappa shape index (κ2) is 5.21. The fourth-order valence-electron chi connectivity index (χ4n) is 1.96. The molecule has 102 valence electrons. The first-order valence-electron chi connectivity index (χ1n) is 5.33. The first-order chi connectivity index (χ1) is 7.57. The van der Waals surface area contributed by atoms with Crippen LogP contribution in [0.4, 0.5) is 0 Å². The Balaban J connectivity index is 2.78. The molecule has 8 heteroatoms. The lowest BCUT2D eigenvalue weighted by atomic mass is 9.87. The van der Waals surface area contributed by atoms with E-state index in [1.807, 2.05) is 6.92 Å². The number of hydrogen-bond donors (Lipinski definition) is 0. The molecule has 0 spiro atoms. The maximum absolute atomic E-state index is 11.1. The van der Waals surface area contributed by atoms with Gasteiger partial charge in [-0.3, -0.25) is 8.37 Å². The van der Waals surface area contributed by atoms with Crippen molar-refractivity contribution in [3.8, 4) is 0 Å². The van der Waals surface area contributed by atoms with E-state index in [4.69, 9.17) is 8.37 Å². The lowest BCUT2D eigenvalue weighted by Crippen LogP contribution is -2.39. The van der Waals surface area contributed by atoms with Crippen LogP contribution in [0.2, 0.25) is 0 Å². The fraction of sp³-hybridized carbons (Fsp3) is 1.00. The molecule has 1 rings (SSSR count). The molecule has 0 radical (unpaired) electrons. The highest BCUT2D eigenvalue weighted by atomic mass is 32.2. The zero-order valence-electron chi connectivity index (χ0n) is 10.1. The molecule has 0 heterocycles. The van der Waals surface area contributed by atoms with Gasteiger partial charge in [0.1, 0.15) is 12.2 Å².